The zero-order valence-electron chi connectivity index (χ0n) is 6.81. The second-order valence-corrected chi connectivity index (χ2v) is 2.71. The highest BCUT2D eigenvalue weighted by Crippen LogP contribution is 2.10. The van der Waals surface area contributed by atoms with Gasteiger partial charge in [-0.2, -0.15) is 5.48 Å². The van der Waals surface area contributed by atoms with Gasteiger partial charge in [0.2, 0.25) is 5.90 Å². The molecule has 11 heavy (non-hydrogen) atoms. The number of hydrogen-bond acceptors (Lipinski definition) is 4. The molecular weight excluding hydrogens is 142 g/mol. The van der Waals surface area contributed by atoms with Crippen molar-refractivity contribution in [3.8, 4) is 0 Å². The van der Waals surface area contributed by atoms with Crippen molar-refractivity contribution in [2.24, 2.45) is 5.92 Å². The summed E-state index contributed by atoms with van der Waals surface area (Å²) in [6, 6.07) is 0. The summed E-state index contributed by atoms with van der Waals surface area (Å²) in [6.45, 7) is 1.95. The van der Waals surface area contributed by atoms with Crippen LogP contribution in [0.1, 0.15) is 12.8 Å². The van der Waals surface area contributed by atoms with Crippen molar-refractivity contribution in [1.82, 2.24) is 10.8 Å². The molecule has 1 unspecified atom stereocenters. The summed E-state index contributed by atoms with van der Waals surface area (Å²) in [5, 5.41) is 10.7. The first-order valence-electron chi connectivity index (χ1n) is 3.97. The molecule has 1 aliphatic rings. The van der Waals surface area contributed by atoms with Crippen molar-refractivity contribution < 1.29 is 4.84 Å². The molecule has 0 radical (unpaired) electrons. The predicted molar refractivity (Wildman–Crippen MR) is 43.5 cm³/mol. The van der Waals surface area contributed by atoms with Gasteiger partial charge in [-0.3, -0.25) is 5.41 Å². The Morgan fingerprint density at radius 2 is 2.55 bits per heavy atom. The minimum absolute atomic E-state index is 0.260. The van der Waals surface area contributed by atoms with Crippen LogP contribution in [0, 0.1) is 11.3 Å². The van der Waals surface area contributed by atoms with Crippen LogP contribution in [0.3, 0.4) is 0 Å². The molecule has 1 atom stereocenters. The standard InChI is InChI=1S/C7H15N3O/c1-9-11-7(8)6-3-2-4-10-5-6/h6,8-10H,2-5H2,1H3. The molecule has 0 amide bonds. The van der Waals surface area contributed by atoms with Gasteiger partial charge < -0.3 is 10.2 Å². The summed E-state index contributed by atoms with van der Waals surface area (Å²) in [6.07, 6.45) is 2.20. The van der Waals surface area contributed by atoms with Crippen molar-refractivity contribution in [3.63, 3.8) is 0 Å². The van der Waals surface area contributed by atoms with E-state index in [0.717, 1.165) is 25.9 Å². The van der Waals surface area contributed by atoms with Crippen LogP contribution in [0.25, 0.3) is 0 Å². The predicted octanol–water partition coefficient (Wildman–Crippen LogP) is 0.114. The third kappa shape index (κ3) is 2.48. The van der Waals surface area contributed by atoms with E-state index in [1.165, 1.54) is 0 Å². The molecule has 0 aromatic rings. The minimum Gasteiger partial charge on any atom is -0.394 e. The molecule has 64 valence electrons. The van der Waals surface area contributed by atoms with Crippen molar-refractivity contribution in [3.05, 3.63) is 0 Å². The average molecular weight is 157 g/mol. The average Bonchev–Trinajstić information content (AvgIpc) is 2.07. The second-order valence-electron chi connectivity index (χ2n) is 2.71. The lowest BCUT2D eigenvalue weighted by atomic mass is 10.00. The van der Waals surface area contributed by atoms with E-state index in [0.29, 0.717) is 5.90 Å². The molecular formula is C7H15N3O. The Kier molecular flexibility index (Phi) is 3.32. The van der Waals surface area contributed by atoms with Crippen LogP contribution in [-0.2, 0) is 4.84 Å². The molecule has 0 aliphatic carbocycles. The number of hydroxylamine groups is 1. The van der Waals surface area contributed by atoms with Gasteiger partial charge in [-0.1, -0.05) is 0 Å². The van der Waals surface area contributed by atoms with Crippen LogP contribution in [0.5, 0.6) is 0 Å². The fourth-order valence-electron chi connectivity index (χ4n) is 1.27. The normalized spacial score (nSPS) is 24.6. The molecule has 1 heterocycles. The third-order valence-corrected chi connectivity index (χ3v) is 1.88. The number of piperidine rings is 1. The second kappa shape index (κ2) is 4.31. The molecule has 0 aromatic carbocycles. The molecule has 3 N–H and O–H groups in total. The molecule has 1 rings (SSSR count). The van der Waals surface area contributed by atoms with Gasteiger partial charge in [0, 0.05) is 19.5 Å². The topological polar surface area (TPSA) is 57.1 Å². The van der Waals surface area contributed by atoms with Gasteiger partial charge in [-0.05, 0) is 19.4 Å². The van der Waals surface area contributed by atoms with E-state index in [1.807, 2.05) is 0 Å². The number of hydrogen-bond donors (Lipinski definition) is 3. The summed E-state index contributed by atoms with van der Waals surface area (Å²) < 4.78 is 0. The first-order chi connectivity index (χ1) is 5.34. The zero-order chi connectivity index (χ0) is 8.10. The summed E-state index contributed by atoms with van der Waals surface area (Å²) >= 11 is 0. The molecule has 1 saturated heterocycles. The highest BCUT2D eigenvalue weighted by atomic mass is 16.6. The third-order valence-electron chi connectivity index (χ3n) is 1.88. The van der Waals surface area contributed by atoms with Crippen LogP contribution < -0.4 is 10.8 Å². The highest BCUT2D eigenvalue weighted by Gasteiger charge is 2.18. The van der Waals surface area contributed by atoms with E-state index < -0.39 is 0 Å². The van der Waals surface area contributed by atoms with E-state index in [-0.39, 0.29) is 5.92 Å². The number of rotatable bonds is 2. The van der Waals surface area contributed by atoms with E-state index in [9.17, 15) is 0 Å². The van der Waals surface area contributed by atoms with Crippen LogP contribution in [-0.4, -0.2) is 26.0 Å². The molecule has 0 saturated carbocycles. The SMILES string of the molecule is CNOC(=N)C1CCCNC1. The summed E-state index contributed by atoms with van der Waals surface area (Å²) in [5.74, 6) is 0.607. The first kappa shape index (κ1) is 8.49. The first-order valence-corrected chi connectivity index (χ1v) is 3.97. The van der Waals surface area contributed by atoms with Gasteiger partial charge >= 0.3 is 0 Å². The molecule has 1 aliphatic heterocycles. The van der Waals surface area contributed by atoms with E-state index in [2.05, 4.69) is 10.8 Å². The molecule has 0 bridgehead atoms. The lowest BCUT2D eigenvalue weighted by Crippen LogP contribution is -2.36. The molecule has 4 nitrogen and oxygen atoms in total. The Balaban J connectivity index is 2.27. The largest absolute Gasteiger partial charge is 0.394 e. The van der Waals surface area contributed by atoms with Crippen molar-refractivity contribution in [2.45, 2.75) is 12.8 Å². The van der Waals surface area contributed by atoms with Gasteiger partial charge in [-0.15, -0.1) is 0 Å². The lowest BCUT2D eigenvalue weighted by Gasteiger charge is -2.22. The Morgan fingerprint density at radius 3 is 3.09 bits per heavy atom. The van der Waals surface area contributed by atoms with E-state index in [1.54, 1.807) is 7.05 Å². The van der Waals surface area contributed by atoms with E-state index >= 15 is 0 Å². The monoisotopic (exact) mass is 157 g/mol. The fraction of sp³-hybridized carbons (Fsp3) is 0.857. The maximum Gasteiger partial charge on any atom is 0.210 e. The summed E-state index contributed by atoms with van der Waals surface area (Å²) in [7, 11) is 1.67. The smallest absolute Gasteiger partial charge is 0.210 e. The van der Waals surface area contributed by atoms with Crippen LogP contribution >= 0.6 is 0 Å². The summed E-state index contributed by atoms with van der Waals surface area (Å²) in [5.41, 5.74) is 2.51. The van der Waals surface area contributed by atoms with Crippen LogP contribution in [0.15, 0.2) is 0 Å². The molecule has 4 heteroatoms. The van der Waals surface area contributed by atoms with Crippen molar-refractivity contribution in [1.29, 1.82) is 5.41 Å². The van der Waals surface area contributed by atoms with Crippen LogP contribution in [0.4, 0.5) is 0 Å². The fourth-order valence-corrected chi connectivity index (χ4v) is 1.27. The van der Waals surface area contributed by atoms with Gasteiger partial charge in [-0.25, -0.2) is 0 Å². The zero-order valence-corrected chi connectivity index (χ0v) is 6.81. The van der Waals surface area contributed by atoms with Crippen molar-refractivity contribution >= 4 is 5.90 Å². The van der Waals surface area contributed by atoms with Crippen LogP contribution in [0.2, 0.25) is 0 Å². The Labute approximate surface area is 66.8 Å². The highest BCUT2D eigenvalue weighted by molar-refractivity contribution is 5.75. The van der Waals surface area contributed by atoms with Crippen molar-refractivity contribution in [2.75, 3.05) is 20.1 Å². The maximum absolute atomic E-state index is 7.46. The summed E-state index contributed by atoms with van der Waals surface area (Å²) in [4.78, 5) is 4.87. The van der Waals surface area contributed by atoms with Gasteiger partial charge in [0.25, 0.3) is 0 Å². The number of nitrogens with one attached hydrogen (secondary N) is 3. The maximum atomic E-state index is 7.46. The lowest BCUT2D eigenvalue weighted by molar-refractivity contribution is 0.183. The van der Waals surface area contributed by atoms with Gasteiger partial charge in [0.05, 0.1) is 0 Å². The van der Waals surface area contributed by atoms with E-state index in [4.69, 9.17) is 10.2 Å². The molecule has 0 aromatic heterocycles. The van der Waals surface area contributed by atoms with Gasteiger partial charge in [0.15, 0.2) is 0 Å². The Morgan fingerprint density at radius 1 is 1.73 bits per heavy atom. The molecule has 0 spiro atoms. The molecule has 1 fully saturated rings. The quantitative estimate of drug-likeness (QED) is 0.303. The Bertz CT molecular complexity index is 132. The minimum atomic E-state index is 0.260. The Hall–Kier alpha value is -0.610. The van der Waals surface area contributed by atoms with Gasteiger partial charge in [0.1, 0.15) is 0 Å².